The van der Waals surface area contributed by atoms with Crippen molar-refractivity contribution < 1.29 is 4.79 Å². The molecule has 2 N–H and O–H groups in total. The zero-order valence-electron chi connectivity index (χ0n) is 8.92. The van der Waals surface area contributed by atoms with Crippen LogP contribution in [0.2, 0.25) is 0 Å². The quantitative estimate of drug-likeness (QED) is 0.687. The van der Waals surface area contributed by atoms with Gasteiger partial charge in [0, 0.05) is 29.6 Å². The van der Waals surface area contributed by atoms with Crippen LogP contribution < -0.4 is 10.6 Å². The maximum Gasteiger partial charge on any atom is 0.225 e. The first-order valence-corrected chi connectivity index (χ1v) is 5.25. The van der Waals surface area contributed by atoms with E-state index in [9.17, 15) is 4.79 Å². The number of nitrogens with zero attached hydrogens (tertiary/aromatic N) is 1. The molecule has 0 saturated carbocycles. The van der Waals surface area contributed by atoms with Crippen LogP contribution in [0.3, 0.4) is 0 Å². The third kappa shape index (κ3) is 1.00. The van der Waals surface area contributed by atoms with Crippen molar-refractivity contribution in [3.63, 3.8) is 0 Å². The lowest BCUT2D eigenvalue weighted by Gasteiger charge is -2.30. The molecule has 0 bridgehead atoms. The van der Waals surface area contributed by atoms with Gasteiger partial charge in [-0.3, -0.25) is 4.79 Å². The summed E-state index contributed by atoms with van der Waals surface area (Å²) in [6, 6.07) is 5.79. The molecule has 1 aromatic rings. The van der Waals surface area contributed by atoms with Crippen LogP contribution in [0.15, 0.2) is 12.1 Å². The molecule has 1 aromatic carbocycles. The second-order valence-corrected chi connectivity index (χ2v) is 4.66. The van der Waals surface area contributed by atoms with Gasteiger partial charge < -0.3 is 10.6 Å². The highest BCUT2D eigenvalue weighted by molar-refractivity contribution is 5.99. The molecule has 0 aromatic heterocycles. The average molecular weight is 213 g/mol. The molecule has 0 radical (unpaired) electrons. The van der Waals surface area contributed by atoms with E-state index in [1.54, 1.807) is 6.07 Å². The number of carbonyl (C=O) groups excluding carboxylic acids is 1. The molecule has 2 heterocycles. The first-order chi connectivity index (χ1) is 7.64. The first-order valence-electron chi connectivity index (χ1n) is 5.25. The summed E-state index contributed by atoms with van der Waals surface area (Å²) < 4.78 is 0. The van der Waals surface area contributed by atoms with Crippen LogP contribution in [0.4, 0.5) is 11.4 Å². The predicted octanol–water partition coefficient (Wildman–Crippen LogP) is 1.58. The van der Waals surface area contributed by atoms with Crippen LogP contribution >= 0.6 is 0 Å². The van der Waals surface area contributed by atoms with Gasteiger partial charge in [-0.2, -0.15) is 5.26 Å². The highest BCUT2D eigenvalue weighted by atomic mass is 16.1. The number of nitrogens with one attached hydrogen (secondary N) is 2. The van der Waals surface area contributed by atoms with E-state index < -0.39 is 0 Å². The molecule has 4 nitrogen and oxygen atoms in total. The highest BCUT2D eigenvalue weighted by Gasteiger charge is 2.42. The maximum absolute atomic E-state index is 11.6. The molecule has 16 heavy (non-hydrogen) atoms. The summed E-state index contributed by atoms with van der Waals surface area (Å²) in [6.45, 7) is 2.83. The van der Waals surface area contributed by atoms with Crippen molar-refractivity contribution in [3.8, 4) is 6.07 Å². The van der Waals surface area contributed by atoms with Crippen molar-refractivity contribution in [3.05, 3.63) is 23.3 Å². The van der Waals surface area contributed by atoms with Crippen LogP contribution in [-0.2, 0) is 10.2 Å². The number of carbonyl (C=O) groups is 1. The second kappa shape index (κ2) is 2.76. The number of nitriles is 1. The van der Waals surface area contributed by atoms with Gasteiger partial charge in [0.1, 0.15) is 6.07 Å². The van der Waals surface area contributed by atoms with E-state index in [0.717, 1.165) is 17.8 Å². The molecule has 3 rings (SSSR count). The zero-order chi connectivity index (χ0) is 11.3. The Morgan fingerprint density at radius 3 is 3.06 bits per heavy atom. The summed E-state index contributed by atoms with van der Waals surface area (Å²) in [7, 11) is 0. The summed E-state index contributed by atoms with van der Waals surface area (Å²) in [4.78, 5) is 11.6. The van der Waals surface area contributed by atoms with E-state index in [1.165, 1.54) is 0 Å². The summed E-state index contributed by atoms with van der Waals surface area (Å²) in [5.74, 6) is -0.00708. The third-order valence-electron chi connectivity index (χ3n) is 3.41. The van der Waals surface area contributed by atoms with Crippen molar-refractivity contribution in [2.24, 2.45) is 0 Å². The number of benzene rings is 1. The lowest BCUT2D eigenvalue weighted by atomic mass is 9.77. The van der Waals surface area contributed by atoms with Gasteiger partial charge in [-0.15, -0.1) is 0 Å². The summed E-state index contributed by atoms with van der Waals surface area (Å²) >= 11 is 0. The summed E-state index contributed by atoms with van der Waals surface area (Å²) in [5, 5.41) is 15.1. The van der Waals surface area contributed by atoms with Crippen LogP contribution in [0.25, 0.3) is 0 Å². The van der Waals surface area contributed by atoms with Crippen LogP contribution in [0, 0.1) is 11.3 Å². The Morgan fingerprint density at radius 2 is 2.31 bits per heavy atom. The number of anilines is 2. The topological polar surface area (TPSA) is 64.9 Å². The van der Waals surface area contributed by atoms with Gasteiger partial charge in [-0.05, 0) is 12.1 Å². The van der Waals surface area contributed by atoms with E-state index in [0.29, 0.717) is 17.7 Å². The number of hydrogen-bond acceptors (Lipinski definition) is 3. The molecule has 0 saturated heterocycles. The van der Waals surface area contributed by atoms with E-state index >= 15 is 0 Å². The second-order valence-electron chi connectivity index (χ2n) is 4.66. The molecule has 4 heteroatoms. The predicted molar refractivity (Wildman–Crippen MR) is 60.2 cm³/mol. The molecule has 1 amide bonds. The molecule has 2 aliphatic heterocycles. The van der Waals surface area contributed by atoms with Gasteiger partial charge in [0.25, 0.3) is 0 Å². The SMILES string of the molecule is CC12CNc3ccc(C#N)c(c31)NC(=O)C2. The summed E-state index contributed by atoms with van der Waals surface area (Å²) in [5.41, 5.74) is 3.20. The number of hydrogen-bond donors (Lipinski definition) is 2. The van der Waals surface area contributed by atoms with Crippen molar-refractivity contribution in [2.45, 2.75) is 18.8 Å². The summed E-state index contributed by atoms with van der Waals surface area (Å²) in [6.07, 6.45) is 0.481. The fourth-order valence-electron chi connectivity index (χ4n) is 2.67. The largest absolute Gasteiger partial charge is 0.384 e. The lowest BCUT2D eigenvalue weighted by molar-refractivity contribution is -0.117. The van der Waals surface area contributed by atoms with Crippen molar-refractivity contribution in [1.29, 1.82) is 5.26 Å². The standard InChI is InChI=1S/C12H11N3O/c1-12-4-9(16)15-11-7(5-13)2-3-8(10(11)12)14-6-12/h2-3,14H,4,6H2,1H3,(H,15,16). The molecule has 2 aliphatic rings. The first kappa shape index (κ1) is 9.22. The van der Waals surface area contributed by atoms with Crippen LogP contribution in [-0.4, -0.2) is 12.5 Å². The number of rotatable bonds is 0. The van der Waals surface area contributed by atoms with Crippen molar-refractivity contribution in [2.75, 3.05) is 17.2 Å². The Labute approximate surface area is 93.3 Å². The zero-order valence-corrected chi connectivity index (χ0v) is 8.92. The monoisotopic (exact) mass is 213 g/mol. The van der Waals surface area contributed by atoms with Gasteiger partial charge in [0.05, 0.1) is 11.3 Å². The molecular formula is C12H11N3O. The normalized spacial score (nSPS) is 25.4. The van der Waals surface area contributed by atoms with E-state index in [2.05, 4.69) is 23.6 Å². The van der Waals surface area contributed by atoms with Gasteiger partial charge in [0.2, 0.25) is 5.91 Å². The third-order valence-corrected chi connectivity index (χ3v) is 3.41. The fraction of sp³-hybridized carbons (Fsp3) is 0.333. The Bertz CT molecular complexity index is 544. The maximum atomic E-state index is 11.6. The van der Waals surface area contributed by atoms with Crippen molar-refractivity contribution >= 4 is 17.3 Å². The molecule has 0 spiro atoms. The van der Waals surface area contributed by atoms with Crippen LogP contribution in [0.1, 0.15) is 24.5 Å². The fourth-order valence-corrected chi connectivity index (χ4v) is 2.67. The minimum absolute atomic E-state index is 0.00708. The molecule has 1 atom stereocenters. The van der Waals surface area contributed by atoms with Gasteiger partial charge in [-0.1, -0.05) is 6.92 Å². The van der Waals surface area contributed by atoms with Crippen LogP contribution in [0.5, 0.6) is 0 Å². The highest BCUT2D eigenvalue weighted by Crippen LogP contribution is 2.47. The Kier molecular flexibility index (Phi) is 1.59. The van der Waals surface area contributed by atoms with Crippen molar-refractivity contribution in [1.82, 2.24) is 0 Å². The average Bonchev–Trinajstić information content (AvgIpc) is 2.57. The molecule has 0 aliphatic carbocycles. The molecule has 80 valence electrons. The lowest BCUT2D eigenvalue weighted by Crippen LogP contribution is -2.35. The Morgan fingerprint density at radius 1 is 1.50 bits per heavy atom. The minimum atomic E-state index is -0.167. The number of amides is 1. The van der Waals surface area contributed by atoms with Gasteiger partial charge in [-0.25, -0.2) is 0 Å². The van der Waals surface area contributed by atoms with E-state index in [-0.39, 0.29) is 11.3 Å². The Balaban J connectivity index is 2.33. The molecule has 1 unspecified atom stereocenters. The molecule has 0 fully saturated rings. The van der Waals surface area contributed by atoms with E-state index in [1.807, 2.05) is 6.07 Å². The van der Waals surface area contributed by atoms with E-state index in [4.69, 9.17) is 5.26 Å². The smallest absolute Gasteiger partial charge is 0.225 e. The minimum Gasteiger partial charge on any atom is -0.384 e. The van der Waals surface area contributed by atoms with Gasteiger partial charge >= 0.3 is 0 Å². The Hall–Kier alpha value is -2.02. The van der Waals surface area contributed by atoms with Gasteiger partial charge in [0.15, 0.2) is 0 Å². The molecular weight excluding hydrogens is 202 g/mol.